The molecule has 2 heterocycles. The molecular formula is C24H30N2O3. The minimum absolute atomic E-state index is 0.0898. The Balaban J connectivity index is 1.41. The molecule has 0 radical (unpaired) electrons. The molecule has 0 spiro atoms. The van der Waals surface area contributed by atoms with Crippen LogP contribution in [0.1, 0.15) is 47.6 Å². The van der Waals surface area contributed by atoms with Gasteiger partial charge in [-0.15, -0.1) is 0 Å². The van der Waals surface area contributed by atoms with Crippen LogP contribution < -0.4 is 10.1 Å². The van der Waals surface area contributed by atoms with Crippen LogP contribution in [0.5, 0.6) is 5.75 Å². The van der Waals surface area contributed by atoms with Crippen LogP contribution in [0.4, 0.5) is 0 Å². The van der Waals surface area contributed by atoms with E-state index in [0.29, 0.717) is 24.5 Å². The highest BCUT2D eigenvalue weighted by Gasteiger charge is 2.24. The lowest BCUT2D eigenvalue weighted by molar-refractivity contribution is 0.0670. The van der Waals surface area contributed by atoms with Crippen LogP contribution in [0.25, 0.3) is 0 Å². The summed E-state index contributed by atoms with van der Waals surface area (Å²) in [5, 5.41) is 3.15. The van der Waals surface area contributed by atoms with E-state index in [9.17, 15) is 4.79 Å². The molecule has 4 rings (SSSR count). The molecule has 2 aromatic rings. The summed E-state index contributed by atoms with van der Waals surface area (Å²) >= 11 is 0. The molecule has 2 fully saturated rings. The Hall–Kier alpha value is -2.37. The first kappa shape index (κ1) is 19.9. The monoisotopic (exact) mass is 394 g/mol. The van der Waals surface area contributed by atoms with Gasteiger partial charge in [-0.3, -0.25) is 9.69 Å². The molecule has 1 N–H and O–H groups in total. The minimum atomic E-state index is -0.0898. The summed E-state index contributed by atoms with van der Waals surface area (Å²) < 4.78 is 11.6. The molecule has 5 nitrogen and oxygen atoms in total. The fourth-order valence-electron chi connectivity index (χ4n) is 4.21. The number of carbonyl (C=O) groups is 1. The number of para-hydroxylation sites is 1. The molecule has 2 aliphatic heterocycles. The SMILES string of the molecule is O=C(NC[C@@H](c1ccccc1)N1CCCC1)c1ccccc1OC[C@@H]1CCCO1. The second kappa shape index (κ2) is 9.90. The number of ether oxygens (including phenoxy) is 2. The van der Waals surface area contributed by atoms with Crippen molar-refractivity contribution in [2.24, 2.45) is 0 Å². The van der Waals surface area contributed by atoms with Crippen LogP contribution in [-0.2, 0) is 4.74 Å². The molecule has 5 heteroatoms. The Morgan fingerprint density at radius 2 is 1.83 bits per heavy atom. The first-order valence-corrected chi connectivity index (χ1v) is 10.7. The Kier molecular flexibility index (Phi) is 6.80. The Bertz CT molecular complexity index is 784. The quantitative estimate of drug-likeness (QED) is 0.740. The molecule has 2 aliphatic rings. The maximum Gasteiger partial charge on any atom is 0.255 e. The third kappa shape index (κ3) is 5.17. The summed E-state index contributed by atoms with van der Waals surface area (Å²) in [4.78, 5) is 15.4. The number of hydrogen-bond acceptors (Lipinski definition) is 4. The molecule has 29 heavy (non-hydrogen) atoms. The molecule has 0 aliphatic carbocycles. The van der Waals surface area contributed by atoms with Gasteiger partial charge < -0.3 is 14.8 Å². The average Bonchev–Trinajstić information content (AvgIpc) is 3.48. The fourth-order valence-corrected chi connectivity index (χ4v) is 4.21. The van der Waals surface area contributed by atoms with Crippen molar-refractivity contribution < 1.29 is 14.3 Å². The van der Waals surface area contributed by atoms with E-state index in [-0.39, 0.29) is 18.1 Å². The van der Waals surface area contributed by atoms with Gasteiger partial charge in [0.05, 0.1) is 17.7 Å². The second-order valence-electron chi connectivity index (χ2n) is 7.82. The van der Waals surface area contributed by atoms with E-state index in [0.717, 1.165) is 32.5 Å². The molecule has 0 unspecified atom stereocenters. The maximum absolute atomic E-state index is 13.0. The van der Waals surface area contributed by atoms with Crippen LogP contribution in [0, 0.1) is 0 Å². The number of nitrogens with one attached hydrogen (secondary N) is 1. The number of carbonyl (C=O) groups excluding carboxylic acids is 1. The van der Waals surface area contributed by atoms with Gasteiger partial charge >= 0.3 is 0 Å². The Morgan fingerprint density at radius 1 is 1.07 bits per heavy atom. The van der Waals surface area contributed by atoms with Gasteiger partial charge in [0.15, 0.2) is 0 Å². The summed E-state index contributed by atoms with van der Waals surface area (Å²) in [5.74, 6) is 0.533. The highest BCUT2D eigenvalue weighted by atomic mass is 16.5. The topological polar surface area (TPSA) is 50.8 Å². The molecule has 2 aromatic carbocycles. The summed E-state index contributed by atoms with van der Waals surface area (Å²) in [6.07, 6.45) is 4.66. The fraction of sp³-hybridized carbons (Fsp3) is 0.458. The smallest absolute Gasteiger partial charge is 0.255 e. The second-order valence-corrected chi connectivity index (χ2v) is 7.82. The highest BCUT2D eigenvalue weighted by Crippen LogP contribution is 2.25. The van der Waals surface area contributed by atoms with Gasteiger partial charge in [0, 0.05) is 13.2 Å². The molecular weight excluding hydrogens is 364 g/mol. The van der Waals surface area contributed by atoms with Crippen LogP contribution in [0.2, 0.25) is 0 Å². The lowest BCUT2D eigenvalue weighted by Crippen LogP contribution is -2.37. The number of hydrogen-bond donors (Lipinski definition) is 1. The summed E-state index contributed by atoms with van der Waals surface area (Å²) in [5.41, 5.74) is 1.83. The van der Waals surface area contributed by atoms with Crippen molar-refractivity contribution >= 4 is 5.91 Å². The van der Waals surface area contributed by atoms with E-state index >= 15 is 0 Å². The number of benzene rings is 2. The van der Waals surface area contributed by atoms with E-state index in [1.54, 1.807) is 0 Å². The van der Waals surface area contributed by atoms with Gasteiger partial charge in [-0.25, -0.2) is 0 Å². The molecule has 2 atom stereocenters. The van der Waals surface area contributed by atoms with Crippen molar-refractivity contribution in [3.63, 3.8) is 0 Å². The van der Waals surface area contributed by atoms with Crippen LogP contribution in [-0.4, -0.2) is 49.8 Å². The number of rotatable bonds is 8. The molecule has 0 aromatic heterocycles. The maximum atomic E-state index is 13.0. The normalized spacial score (nSPS) is 20.5. The Morgan fingerprint density at radius 3 is 2.59 bits per heavy atom. The average molecular weight is 395 g/mol. The first-order valence-electron chi connectivity index (χ1n) is 10.7. The van der Waals surface area contributed by atoms with Gasteiger partial charge in [-0.2, -0.15) is 0 Å². The molecule has 0 bridgehead atoms. The lowest BCUT2D eigenvalue weighted by atomic mass is 10.1. The van der Waals surface area contributed by atoms with Gasteiger partial charge in [0.25, 0.3) is 5.91 Å². The molecule has 0 saturated carbocycles. The minimum Gasteiger partial charge on any atom is -0.490 e. The van der Waals surface area contributed by atoms with E-state index in [1.807, 2.05) is 30.3 Å². The third-order valence-corrected chi connectivity index (χ3v) is 5.80. The van der Waals surface area contributed by atoms with E-state index in [1.165, 1.54) is 18.4 Å². The van der Waals surface area contributed by atoms with Crippen LogP contribution >= 0.6 is 0 Å². The van der Waals surface area contributed by atoms with Crippen molar-refractivity contribution in [3.05, 3.63) is 65.7 Å². The van der Waals surface area contributed by atoms with Crippen molar-refractivity contribution in [1.82, 2.24) is 10.2 Å². The van der Waals surface area contributed by atoms with E-state index < -0.39 is 0 Å². The zero-order valence-electron chi connectivity index (χ0n) is 16.9. The summed E-state index contributed by atoms with van der Waals surface area (Å²) in [7, 11) is 0. The van der Waals surface area contributed by atoms with Crippen molar-refractivity contribution in [1.29, 1.82) is 0 Å². The van der Waals surface area contributed by atoms with Gasteiger partial charge in [0.1, 0.15) is 12.4 Å². The molecule has 1 amide bonds. The zero-order valence-corrected chi connectivity index (χ0v) is 16.9. The van der Waals surface area contributed by atoms with Crippen molar-refractivity contribution in [2.75, 3.05) is 32.8 Å². The van der Waals surface area contributed by atoms with E-state index in [4.69, 9.17) is 9.47 Å². The lowest BCUT2D eigenvalue weighted by Gasteiger charge is -2.28. The van der Waals surface area contributed by atoms with Crippen LogP contribution in [0.15, 0.2) is 54.6 Å². The largest absolute Gasteiger partial charge is 0.490 e. The van der Waals surface area contributed by atoms with Crippen molar-refractivity contribution in [2.45, 2.75) is 37.8 Å². The van der Waals surface area contributed by atoms with Gasteiger partial charge in [-0.1, -0.05) is 42.5 Å². The molecule has 2 saturated heterocycles. The first-order chi connectivity index (χ1) is 14.3. The standard InChI is InChI=1S/C24H30N2O3/c27-24(21-12-4-5-13-23(21)29-18-20-11-8-16-28-20)25-17-22(26-14-6-7-15-26)19-9-2-1-3-10-19/h1-5,9-10,12-13,20,22H,6-8,11,14-18H2,(H,25,27)/t20-,22-/m0/s1. The number of likely N-dealkylation sites (tertiary alicyclic amines) is 1. The predicted molar refractivity (Wildman–Crippen MR) is 113 cm³/mol. The predicted octanol–water partition coefficient (Wildman–Crippen LogP) is 3.81. The number of nitrogens with zero attached hydrogens (tertiary/aromatic N) is 1. The molecule has 154 valence electrons. The summed E-state index contributed by atoms with van der Waals surface area (Å²) in [6.45, 7) is 4.04. The number of amides is 1. The van der Waals surface area contributed by atoms with E-state index in [2.05, 4.69) is 34.5 Å². The zero-order chi connectivity index (χ0) is 19.9. The van der Waals surface area contributed by atoms with Gasteiger partial charge in [0.2, 0.25) is 0 Å². The van der Waals surface area contributed by atoms with Crippen LogP contribution in [0.3, 0.4) is 0 Å². The summed E-state index contributed by atoms with van der Waals surface area (Å²) in [6, 6.07) is 18.1. The van der Waals surface area contributed by atoms with Crippen molar-refractivity contribution in [3.8, 4) is 5.75 Å². The van der Waals surface area contributed by atoms with Gasteiger partial charge in [-0.05, 0) is 56.5 Å². The highest BCUT2D eigenvalue weighted by molar-refractivity contribution is 5.96. The third-order valence-electron chi connectivity index (χ3n) is 5.80. The Labute approximate surface area is 173 Å².